The van der Waals surface area contributed by atoms with Gasteiger partial charge in [0.2, 0.25) is 10.0 Å². The molecule has 0 spiro atoms. The number of pyridine rings is 1. The first-order valence-electron chi connectivity index (χ1n) is 11.9. The molecule has 1 unspecified atom stereocenters. The Hall–Kier alpha value is -2.94. The molecule has 0 bridgehead atoms. The molecule has 0 saturated heterocycles. The summed E-state index contributed by atoms with van der Waals surface area (Å²) in [5.41, 5.74) is 2.05. The zero-order chi connectivity index (χ0) is 25.4. The number of aromatic nitrogens is 1. The summed E-state index contributed by atoms with van der Waals surface area (Å²) in [6, 6.07) is 15.5. The largest absolute Gasteiger partial charge is 0.491 e. The molecule has 0 radical (unpaired) electrons. The third-order valence-corrected chi connectivity index (χ3v) is 9.11. The van der Waals surface area contributed by atoms with Crippen molar-refractivity contribution in [2.75, 3.05) is 13.2 Å². The number of ether oxygens (including phenoxy) is 1. The van der Waals surface area contributed by atoms with Crippen molar-refractivity contribution in [1.29, 1.82) is 0 Å². The standard InChI is InChI=1S/C27H27ClN2O5S/c1-29-11-10-20(15-27(29)32)22(16-24(31)18-6-7-18)19-8-9-23(28)21(14-19)17-30-12-13-35-25-4-2-3-5-26(25)36(30,33)34/h2-5,8-11,14-15,18,22H,6-7,12-13,16-17H2,1H3. The maximum absolute atomic E-state index is 13.4. The molecular formula is C27H27ClN2O5S. The fraction of sp³-hybridized carbons (Fsp3) is 0.333. The second kappa shape index (κ2) is 9.84. The van der Waals surface area contributed by atoms with Crippen LogP contribution in [0.5, 0.6) is 5.75 Å². The lowest BCUT2D eigenvalue weighted by Crippen LogP contribution is -2.32. The summed E-state index contributed by atoms with van der Waals surface area (Å²) >= 11 is 6.54. The van der Waals surface area contributed by atoms with E-state index in [1.54, 1.807) is 43.6 Å². The smallest absolute Gasteiger partial charge is 0.250 e. The van der Waals surface area contributed by atoms with Crippen LogP contribution in [0.25, 0.3) is 0 Å². The van der Waals surface area contributed by atoms with E-state index in [2.05, 4.69) is 0 Å². The molecule has 2 heterocycles. The van der Waals surface area contributed by atoms with E-state index in [1.807, 2.05) is 18.2 Å². The number of aryl methyl sites for hydroxylation is 1. The molecule has 36 heavy (non-hydrogen) atoms. The molecule has 0 N–H and O–H groups in total. The first-order valence-corrected chi connectivity index (χ1v) is 13.8. The topological polar surface area (TPSA) is 85.7 Å². The van der Waals surface area contributed by atoms with Crippen LogP contribution in [-0.2, 0) is 28.4 Å². The first kappa shape index (κ1) is 24.7. The van der Waals surface area contributed by atoms with Gasteiger partial charge in [-0.15, -0.1) is 0 Å². The number of hydrogen-bond donors (Lipinski definition) is 0. The summed E-state index contributed by atoms with van der Waals surface area (Å²) in [5.74, 6) is 0.283. The van der Waals surface area contributed by atoms with Gasteiger partial charge >= 0.3 is 0 Å². The molecule has 2 aliphatic rings. The average molecular weight is 527 g/mol. The van der Waals surface area contributed by atoms with Crippen LogP contribution in [0.1, 0.15) is 41.9 Å². The number of sulfonamides is 1. The van der Waals surface area contributed by atoms with E-state index in [1.165, 1.54) is 14.9 Å². The van der Waals surface area contributed by atoms with E-state index in [0.717, 1.165) is 24.0 Å². The Morgan fingerprint density at radius 1 is 1.11 bits per heavy atom. The maximum atomic E-state index is 13.4. The number of halogens is 1. The normalized spacial score (nSPS) is 18.1. The Bertz CT molecular complexity index is 1480. The van der Waals surface area contributed by atoms with Crippen LogP contribution in [-0.4, -0.2) is 36.2 Å². The lowest BCUT2D eigenvalue weighted by Gasteiger charge is -2.22. The number of hydrogen-bond acceptors (Lipinski definition) is 5. The number of carbonyl (C=O) groups is 1. The predicted molar refractivity (Wildman–Crippen MR) is 137 cm³/mol. The second-order valence-corrected chi connectivity index (χ2v) is 11.7. The van der Waals surface area contributed by atoms with Crippen molar-refractivity contribution in [3.8, 4) is 5.75 Å². The van der Waals surface area contributed by atoms with Gasteiger partial charge in [-0.2, -0.15) is 4.31 Å². The Balaban J connectivity index is 1.50. The second-order valence-electron chi connectivity index (χ2n) is 9.39. The first-order chi connectivity index (χ1) is 17.2. The van der Waals surface area contributed by atoms with Gasteiger partial charge in [-0.1, -0.05) is 35.9 Å². The molecular weight excluding hydrogens is 500 g/mol. The summed E-state index contributed by atoms with van der Waals surface area (Å²) in [4.78, 5) is 25.3. The molecule has 188 valence electrons. The third-order valence-electron chi connectivity index (χ3n) is 6.85. The zero-order valence-corrected chi connectivity index (χ0v) is 21.5. The summed E-state index contributed by atoms with van der Waals surface area (Å²) in [5, 5.41) is 0.434. The van der Waals surface area contributed by atoms with E-state index in [0.29, 0.717) is 16.3 Å². The Labute approximate surface area is 215 Å². The molecule has 1 saturated carbocycles. The third kappa shape index (κ3) is 4.98. The van der Waals surface area contributed by atoms with Gasteiger partial charge in [0, 0.05) is 55.7 Å². The zero-order valence-electron chi connectivity index (χ0n) is 19.9. The van der Waals surface area contributed by atoms with Crippen LogP contribution in [0.2, 0.25) is 5.02 Å². The minimum Gasteiger partial charge on any atom is -0.491 e. The van der Waals surface area contributed by atoms with Crippen molar-refractivity contribution >= 4 is 27.4 Å². The Kier molecular flexibility index (Phi) is 6.76. The highest BCUT2D eigenvalue weighted by Gasteiger charge is 2.33. The van der Waals surface area contributed by atoms with E-state index in [4.69, 9.17) is 16.3 Å². The Morgan fingerprint density at radius 3 is 2.61 bits per heavy atom. The molecule has 0 amide bonds. The Morgan fingerprint density at radius 2 is 1.86 bits per heavy atom. The van der Waals surface area contributed by atoms with Crippen LogP contribution < -0.4 is 10.3 Å². The van der Waals surface area contributed by atoms with E-state index >= 15 is 0 Å². The van der Waals surface area contributed by atoms with Gasteiger partial charge in [-0.3, -0.25) is 9.59 Å². The van der Waals surface area contributed by atoms with Crippen LogP contribution in [0.4, 0.5) is 0 Å². The number of para-hydroxylation sites is 1. The SMILES string of the molecule is Cn1ccc(C(CC(=O)C2CC2)c2ccc(Cl)c(CN3CCOc4ccccc4S3(=O)=O)c2)cc1=O. The van der Waals surface area contributed by atoms with Gasteiger partial charge in [0.05, 0.1) is 0 Å². The highest BCUT2D eigenvalue weighted by atomic mass is 35.5. The molecule has 9 heteroatoms. The number of ketones is 1. The summed E-state index contributed by atoms with van der Waals surface area (Å²) in [6.07, 6.45) is 3.79. The minimum absolute atomic E-state index is 0.0621. The van der Waals surface area contributed by atoms with Gasteiger partial charge in [0.25, 0.3) is 5.56 Å². The van der Waals surface area contributed by atoms with Crippen molar-refractivity contribution in [2.24, 2.45) is 13.0 Å². The molecule has 1 aliphatic carbocycles. The summed E-state index contributed by atoms with van der Waals surface area (Å²) in [7, 11) is -2.12. The van der Waals surface area contributed by atoms with Gasteiger partial charge in [-0.25, -0.2) is 8.42 Å². The van der Waals surface area contributed by atoms with Gasteiger partial charge < -0.3 is 9.30 Å². The average Bonchev–Trinajstić information content (AvgIpc) is 3.71. The van der Waals surface area contributed by atoms with E-state index < -0.39 is 10.0 Å². The molecule has 1 atom stereocenters. The monoisotopic (exact) mass is 526 g/mol. The van der Waals surface area contributed by atoms with Crippen LogP contribution in [0.15, 0.2) is 70.5 Å². The van der Waals surface area contributed by atoms with Crippen molar-refractivity contribution in [3.05, 3.63) is 92.9 Å². The summed E-state index contributed by atoms with van der Waals surface area (Å²) < 4.78 is 35.3. The van der Waals surface area contributed by atoms with Gasteiger partial charge in [0.15, 0.2) is 0 Å². The highest BCUT2D eigenvalue weighted by molar-refractivity contribution is 7.89. The van der Waals surface area contributed by atoms with E-state index in [-0.39, 0.29) is 54.2 Å². The van der Waals surface area contributed by atoms with Crippen LogP contribution in [0.3, 0.4) is 0 Å². The molecule has 1 aromatic heterocycles. The van der Waals surface area contributed by atoms with Crippen molar-refractivity contribution < 1.29 is 17.9 Å². The molecule has 1 aliphatic heterocycles. The number of nitrogens with zero attached hydrogens (tertiary/aromatic N) is 2. The number of fused-ring (bicyclic) bond motifs is 1. The highest BCUT2D eigenvalue weighted by Crippen LogP contribution is 2.37. The quantitative estimate of drug-likeness (QED) is 0.462. The summed E-state index contributed by atoms with van der Waals surface area (Å²) in [6.45, 7) is 0.460. The molecule has 3 aromatic rings. The predicted octanol–water partition coefficient (Wildman–Crippen LogP) is 4.12. The van der Waals surface area contributed by atoms with Crippen molar-refractivity contribution in [1.82, 2.24) is 8.87 Å². The maximum Gasteiger partial charge on any atom is 0.250 e. The molecule has 1 fully saturated rings. The number of rotatable bonds is 7. The van der Waals surface area contributed by atoms with Crippen LogP contribution >= 0.6 is 11.6 Å². The lowest BCUT2D eigenvalue weighted by atomic mass is 9.86. The van der Waals surface area contributed by atoms with Crippen LogP contribution in [0, 0.1) is 5.92 Å². The van der Waals surface area contributed by atoms with Crippen molar-refractivity contribution in [3.63, 3.8) is 0 Å². The van der Waals surface area contributed by atoms with E-state index in [9.17, 15) is 18.0 Å². The van der Waals surface area contributed by atoms with Gasteiger partial charge in [0.1, 0.15) is 23.0 Å². The lowest BCUT2D eigenvalue weighted by molar-refractivity contribution is -0.120. The van der Waals surface area contributed by atoms with Crippen molar-refractivity contribution in [2.45, 2.75) is 36.6 Å². The fourth-order valence-corrected chi connectivity index (χ4v) is 6.28. The van der Waals surface area contributed by atoms with Gasteiger partial charge in [-0.05, 0) is 53.8 Å². The molecule has 2 aromatic carbocycles. The number of Topliss-reactive ketones (excluding diaryl/α,β-unsaturated/α-hetero) is 1. The fourth-order valence-electron chi connectivity index (χ4n) is 4.57. The number of carbonyl (C=O) groups excluding carboxylic acids is 1. The minimum atomic E-state index is -3.80. The molecule has 5 rings (SSSR count). The number of benzene rings is 2. The molecule has 7 nitrogen and oxygen atoms in total.